The minimum Gasteiger partial charge on any atom is -0.396 e. The van der Waals surface area contributed by atoms with E-state index in [4.69, 9.17) is 14.9 Å². The van der Waals surface area contributed by atoms with Crippen LogP contribution in [-0.4, -0.2) is 62.8 Å². The van der Waals surface area contributed by atoms with Crippen LogP contribution in [0.15, 0.2) is 0 Å². The molecule has 0 saturated carbocycles. The average Bonchev–Trinajstić information content (AvgIpc) is 2.41. The van der Waals surface area contributed by atoms with Crippen molar-refractivity contribution in [2.45, 2.75) is 36.9 Å². The first-order valence-electron chi connectivity index (χ1n) is 4.53. The summed E-state index contributed by atoms with van der Waals surface area (Å²) in [7, 11) is 0. The number of ether oxygens (including phenoxy) is 1. The molecule has 5 N–H and O–H groups in total. The van der Waals surface area contributed by atoms with Gasteiger partial charge in [0.05, 0.1) is 12.7 Å². The van der Waals surface area contributed by atoms with Gasteiger partial charge in [-0.15, -0.1) is 0 Å². The predicted molar refractivity (Wildman–Crippen MR) is 45.2 cm³/mol. The molecular weight excluding hydrogens is 192 g/mol. The largest absolute Gasteiger partial charge is 0.396 e. The lowest BCUT2D eigenvalue weighted by atomic mass is 10.0. The monoisotopic (exact) mass is 208 g/mol. The van der Waals surface area contributed by atoms with E-state index in [2.05, 4.69) is 0 Å². The molecule has 0 aromatic rings. The molecule has 84 valence electrons. The van der Waals surface area contributed by atoms with Crippen molar-refractivity contribution in [3.05, 3.63) is 0 Å². The highest BCUT2D eigenvalue weighted by Crippen LogP contribution is 2.30. The summed E-state index contributed by atoms with van der Waals surface area (Å²) < 4.78 is 4.92. The second kappa shape index (κ2) is 4.52. The summed E-state index contributed by atoms with van der Waals surface area (Å²) in [6.07, 6.45) is -2.79. The number of aliphatic hydroxyl groups excluding tert-OH is 4. The molecule has 1 saturated heterocycles. The van der Waals surface area contributed by atoms with Gasteiger partial charge in [0.1, 0.15) is 12.2 Å². The Bertz CT molecular complexity index is 187. The lowest BCUT2D eigenvalue weighted by Crippen LogP contribution is -2.46. The Kier molecular flexibility index (Phi) is 3.82. The zero-order chi connectivity index (χ0) is 10.8. The van der Waals surface area contributed by atoms with Gasteiger partial charge in [0.15, 0.2) is 0 Å². The van der Waals surface area contributed by atoms with Crippen LogP contribution in [-0.2, 0) is 4.74 Å². The Morgan fingerprint density at radius 2 is 1.86 bits per heavy atom. The van der Waals surface area contributed by atoms with Crippen LogP contribution in [0.25, 0.3) is 0 Å². The van der Waals surface area contributed by atoms with Gasteiger partial charge in [0.2, 0.25) is 5.79 Å². The lowest BCUT2D eigenvalue weighted by molar-refractivity contribution is -0.246. The summed E-state index contributed by atoms with van der Waals surface area (Å²) in [5, 5.41) is 45.5. The lowest BCUT2D eigenvalue weighted by Gasteiger charge is -2.22. The van der Waals surface area contributed by atoms with Crippen molar-refractivity contribution in [2.75, 3.05) is 13.2 Å². The summed E-state index contributed by atoms with van der Waals surface area (Å²) in [6.45, 7) is -0.832. The van der Waals surface area contributed by atoms with Gasteiger partial charge in [0.25, 0.3) is 0 Å². The van der Waals surface area contributed by atoms with Crippen molar-refractivity contribution in [3.63, 3.8) is 0 Å². The van der Waals surface area contributed by atoms with Gasteiger partial charge in [-0.1, -0.05) is 0 Å². The zero-order valence-corrected chi connectivity index (χ0v) is 7.70. The molecule has 0 aromatic heterocycles. The molecule has 0 unspecified atom stereocenters. The molecule has 6 nitrogen and oxygen atoms in total. The Labute approximate surface area is 81.4 Å². The molecule has 0 radical (unpaired) electrons. The Morgan fingerprint density at radius 3 is 2.29 bits per heavy atom. The molecule has 1 aliphatic rings. The van der Waals surface area contributed by atoms with E-state index in [1.54, 1.807) is 0 Å². The molecule has 14 heavy (non-hydrogen) atoms. The van der Waals surface area contributed by atoms with Crippen molar-refractivity contribution in [2.24, 2.45) is 0 Å². The maximum atomic E-state index is 9.46. The number of aliphatic hydroxyl groups is 5. The van der Waals surface area contributed by atoms with Crippen LogP contribution in [0.3, 0.4) is 0 Å². The molecule has 1 aliphatic heterocycles. The van der Waals surface area contributed by atoms with E-state index < -0.39 is 30.7 Å². The first-order valence-corrected chi connectivity index (χ1v) is 4.53. The van der Waals surface area contributed by atoms with Crippen LogP contribution >= 0.6 is 0 Å². The van der Waals surface area contributed by atoms with Gasteiger partial charge >= 0.3 is 0 Å². The van der Waals surface area contributed by atoms with Crippen LogP contribution in [0.2, 0.25) is 0 Å². The summed E-state index contributed by atoms with van der Waals surface area (Å²) in [5.41, 5.74) is 0. The molecule has 1 heterocycles. The van der Waals surface area contributed by atoms with Gasteiger partial charge in [-0.05, 0) is 12.8 Å². The average molecular weight is 208 g/mol. The molecule has 1 fully saturated rings. The topological polar surface area (TPSA) is 110 Å². The van der Waals surface area contributed by atoms with E-state index in [0.717, 1.165) is 0 Å². The van der Waals surface area contributed by atoms with Gasteiger partial charge in [-0.2, -0.15) is 0 Å². The summed E-state index contributed by atoms with van der Waals surface area (Å²) in [6, 6.07) is 0. The summed E-state index contributed by atoms with van der Waals surface area (Å²) >= 11 is 0. The van der Waals surface area contributed by atoms with Crippen LogP contribution in [0, 0.1) is 0 Å². The standard InChI is InChI=1S/C8H16O6/c9-3-1-2-5-6(11)7(12)8(13,4-10)14-5/h5-7,9-13H,1-4H2/t5-,6+,7-,8+/m0/s1. The highest BCUT2D eigenvalue weighted by molar-refractivity contribution is 4.94. The fourth-order valence-electron chi connectivity index (χ4n) is 1.52. The molecule has 0 bridgehead atoms. The van der Waals surface area contributed by atoms with E-state index in [1.807, 2.05) is 0 Å². The third-order valence-electron chi connectivity index (χ3n) is 2.40. The smallest absolute Gasteiger partial charge is 0.219 e. The van der Waals surface area contributed by atoms with Gasteiger partial charge in [-0.3, -0.25) is 0 Å². The van der Waals surface area contributed by atoms with E-state index >= 15 is 0 Å². The maximum absolute atomic E-state index is 9.46. The second-order valence-electron chi connectivity index (χ2n) is 3.46. The highest BCUT2D eigenvalue weighted by atomic mass is 16.7. The van der Waals surface area contributed by atoms with E-state index in [0.29, 0.717) is 12.8 Å². The second-order valence-corrected chi connectivity index (χ2v) is 3.46. The van der Waals surface area contributed by atoms with E-state index in [9.17, 15) is 15.3 Å². The summed E-state index contributed by atoms with van der Waals surface area (Å²) in [4.78, 5) is 0. The third-order valence-corrected chi connectivity index (χ3v) is 2.40. The zero-order valence-electron chi connectivity index (χ0n) is 7.70. The molecular formula is C8H16O6. The Hall–Kier alpha value is -0.240. The minimum atomic E-state index is -2.08. The molecule has 6 heteroatoms. The molecule has 0 amide bonds. The van der Waals surface area contributed by atoms with Gasteiger partial charge in [0, 0.05) is 6.61 Å². The van der Waals surface area contributed by atoms with Crippen molar-refractivity contribution in [1.29, 1.82) is 0 Å². The quantitative estimate of drug-likeness (QED) is 0.351. The highest BCUT2D eigenvalue weighted by Gasteiger charge is 2.52. The van der Waals surface area contributed by atoms with Crippen LogP contribution in [0.1, 0.15) is 12.8 Å². The number of hydrogen-bond donors (Lipinski definition) is 5. The Balaban J connectivity index is 2.57. The number of rotatable bonds is 4. The van der Waals surface area contributed by atoms with Crippen molar-refractivity contribution < 1.29 is 30.3 Å². The third kappa shape index (κ3) is 2.05. The first-order chi connectivity index (χ1) is 6.55. The van der Waals surface area contributed by atoms with Gasteiger partial charge in [-0.25, -0.2) is 0 Å². The minimum absolute atomic E-state index is 0.0553. The predicted octanol–water partition coefficient (Wildman–Crippen LogP) is -2.44. The fraction of sp³-hybridized carbons (Fsp3) is 1.00. The molecule has 1 rings (SSSR count). The van der Waals surface area contributed by atoms with E-state index in [-0.39, 0.29) is 6.61 Å². The normalized spacial score (nSPS) is 43.1. The molecule has 4 atom stereocenters. The Morgan fingerprint density at radius 1 is 1.21 bits per heavy atom. The van der Waals surface area contributed by atoms with E-state index in [1.165, 1.54) is 0 Å². The van der Waals surface area contributed by atoms with Crippen molar-refractivity contribution in [3.8, 4) is 0 Å². The van der Waals surface area contributed by atoms with Crippen LogP contribution in [0.4, 0.5) is 0 Å². The maximum Gasteiger partial charge on any atom is 0.219 e. The van der Waals surface area contributed by atoms with Crippen molar-refractivity contribution >= 4 is 0 Å². The molecule has 0 aliphatic carbocycles. The van der Waals surface area contributed by atoms with Crippen LogP contribution in [0.5, 0.6) is 0 Å². The number of hydrogen-bond acceptors (Lipinski definition) is 6. The SMILES string of the molecule is OCCC[C@@H]1O[C@](O)(CO)[C@@H](O)[C@@H]1O. The van der Waals surface area contributed by atoms with Crippen LogP contribution < -0.4 is 0 Å². The fourth-order valence-corrected chi connectivity index (χ4v) is 1.52. The van der Waals surface area contributed by atoms with Crippen molar-refractivity contribution in [1.82, 2.24) is 0 Å². The first kappa shape index (κ1) is 11.8. The molecule has 0 aromatic carbocycles. The van der Waals surface area contributed by atoms with Gasteiger partial charge < -0.3 is 30.3 Å². The summed E-state index contributed by atoms with van der Waals surface area (Å²) in [5.74, 6) is -2.08. The molecule has 0 spiro atoms.